The van der Waals surface area contributed by atoms with Crippen molar-refractivity contribution in [3.63, 3.8) is 0 Å². The summed E-state index contributed by atoms with van der Waals surface area (Å²) in [6, 6.07) is 17.5. The molecule has 0 spiro atoms. The van der Waals surface area contributed by atoms with Gasteiger partial charge in [0.15, 0.2) is 0 Å². The van der Waals surface area contributed by atoms with Crippen molar-refractivity contribution in [2.75, 3.05) is 7.05 Å². The second-order valence-electron chi connectivity index (χ2n) is 13.8. The Morgan fingerprint density at radius 1 is 0.961 bits per heavy atom. The molecule has 11 nitrogen and oxygen atoms in total. The van der Waals surface area contributed by atoms with E-state index in [1.165, 1.54) is 16.2 Å². The van der Waals surface area contributed by atoms with Gasteiger partial charge in [-0.25, -0.2) is 14.6 Å². The first kappa shape index (κ1) is 39.5. The molecule has 0 radical (unpaired) electrons. The van der Waals surface area contributed by atoms with E-state index < -0.39 is 29.8 Å². The van der Waals surface area contributed by atoms with Gasteiger partial charge in [-0.1, -0.05) is 88.4 Å². The lowest BCUT2D eigenvalue weighted by Crippen LogP contribution is -2.59. The Bertz CT molecular complexity index is 1670. The fourth-order valence-electron chi connectivity index (χ4n) is 5.65. The van der Waals surface area contributed by atoms with E-state index in [1.54, 1.807) is 37.0 Å². The summed E-state index contributed by atoms with van der Waals surface area (Å²) in [5.74, 6) is -0.290. The molecule has 0 saturated carbocycles. The van der Waals surface area contributed by atoms with Crippen molar-refractivity contribution in [2.24, 2.45) is 5.92 Å². The van der Waals surface area contributed by atoms with E-state index in [2.05, 4.69) is 39.8 Å². The summed E-state index contributed by atoms with van der Waals surface area (Å²) in [5.41, 5.74) is 3.18. The van der Waals surface area contributed by atoms with E-state index in [1.807, 2.05) is 79.9 Å². The highest BCUT2D eigenvalue weighted by Crippen LogP contribution is 2.24. The topological polar surface area (TPSA) is 146 Å². The average molecular weight is 735 g/mol. The Morgan fingerprint density at radius 2 is 1.63 bits per heavy atom. The molecule has 4 amide bonds. The Kier molecular flexibility index (Phi) is 14.5. The number of amides is 4. The normalized spacial score (nSPS) is 14.3. The molecule has 0 fully saturated rings. The van der Waals surface area contributed by atoms with Gasteiger partial charge in [0.05, 0.1) is 39.3 Å². The molecule has 0 bridgehead atoms. The van der Waals surface area contributed by atoms with Crippen LogP contribution < -0.4 is 16.0 Å². The van der Waals surface area contributed by atoms with Crippen molar-refractivity contribution < 1.29 is 24.2 Å². The molecule has 0 aliphatic heterocycles. The minimum Gasteiger partial charge on any atom is -0.444 e. The van der Waals surface area contributed by atoms with Gasteiger partial charge in [0.25, 0.3) is 0 Å². The number of hydrogen-bond donors (Lipinski definition) is 4. The minimum absolute atomic E-state index is 0.0565. The molecule has 4 N–H and O–H groups in total. The van der Waals surface area contributed by atoms with Crippen LogP contribution in [0.2, 0.25) is 0 Å². The average Bonchev–Trinajstić information content (AvgIpc) is 3.79. The Balaban J connectivity index is 1.50. The van der Waals surface area contributed by atoms with Crippen LogP contribution in [0.1, 0.15) is 73.7 Å². The number of thiazole rings is 2. The summed E-state index contributed by atoms with van der Waals surface area (Å²) < 4.78 is 5.49. The number of benzene rings is 2. The molecule has 274 valence electrons. The zero-order valence-electron chi connectivity index (χ0n) is 30.2. The lowest BCUT2D eigenvalue weighted by Gasteiger charge is -2.37. The molecular formula is C38H50N6O5S2. The number of urea groups is 1. The zero-order chi connectivity index (χ0) is 37.0. The third-order valence-corrected chi connectivity index (χ3v) is 10.5. The molecule has 0 unspecified atom stereocenters. The van der Waals surface area contributed by atoms with Crippen molar-refractivity contribution in [3.8, 4) is 0 Å². The maximum Gasteiger partial charge on any atom is 0.408 e. The fourth-order valence-corrected chi connectivity index (χ4v) is 6.98. The molecule has 2 heterocycles. The number of carbonyl (C=O) groups is 3. The van der Waals surface area contributed by atoms with Crippen molar-refractivity contribution in [1.82, 2.24) is 30.8 Å². The second kappa shape index (κ2) is 18.8. The maximum absolute atomic E-state index is 13.9. The zero-order valence-corrected chi connectivity index (χ0v) is 31.8. The standard InChI is InChI=1S/C38H50N6O5S2/c1-25(2)33(42-36(47)44(6)21-30-23-50-35(41-30)26(3)4)34(46)40-29(17-27-13-9-7-10-14-27)18-32(45)38(5,19-28-15-11-8-12-16-28)43-37(48)49-22-31-20-39-24-51-31/h7-16,20,23-26,29,32-33,45H,17-19,21-22H2,1-6H3,(H,40,46)(H,42,47)(H,43,48)/t29-,32-,33-,38-/m0/s1. The summed E-state index contributed by atoms with van der Waals surface area (Å²) in [6.45, 7) is 10.0. The van der Waals surface area contributed by atoms with Crippen LogP contribution in [-0.4, -0.2) is 68.8 Å². The highest BCUT2D eigenvalue weighted by atomic mass is 32.1. The van der Waals surface area contributed by atoms with Gasteiger partial charge in [0.1, 0.15) is 12.6 Å². The van der Waals surface area contributed by atoms with E-state index in [0.717, 1.165) is 26.7 Å². The van der Waals surface area contributed by atoms with E-state index in [4.69, 9.17) is 4.74 Å². The molecule has 4 aromatic rings. The van der Waals surface area contributed by atoms with E-state index in [0.29, 0.717) is 25.3 Å². The second-order valence-corrected chi connectivity index (χ2v) is 15.6. The number of alkyl carbamates (subject to hydrolysis) is 1. The van der Waals surface area contributed by atoms with Crippen molar-refractivity contribution in [1.29, 1.82) is 0 Å². The van der Waals surface area contributed by atoms with Gasteiger partial charge in [-0.2, -0.15) is 0 Å². The van der Waals surface area contributed by atoms with Gasteiger partial charge in [-0.05, 0) is 43.2 Å². The SMILES string of the molecule is CC(C)c1nc(CN(C)C(=O)N[C@H](C(=O)N[C@@H](Cc2ccccc2)C[C@H](O)[C@](C)(Cc2ccccc2)NC(=O)OCc2cncs2)C(C)C)cs1. The van der Waals surface area contributed by atoms with Gasteiger partial charge in [-0.15, -0.1) is 22.7 Å². The molecule has 2 aromatic heterocycles. The Hall–Kier alpha value is -4.33. The molecule has 4 rings (SSSR count). The molecule has 13 heteroatoms. The van der Waals surface area contributed by atoms with Crippen LogP contribution in [0.25, 0.3) is 0 Å². The van der Waals surface area contributed by atoms with E-state index >= 15 is 0 Å². The number of rotatable bonds is 17. The molecule has 0 aliphatic carbocycles. The summed E-state index contributed by atoms with van der Waals surface area (Å²) in [7, 11) is 1.68. The fraction of sp³-hybridized carbons (Fsp3) is 0.447. The number of hydrogen-bond acceptors (Lipinski definition) is 9. The lowest BCUT2D eigenvalue weighted by atomic mass is 9.83. The van der Waals surface area contributed by atoms with Crippen LogP contribution in [0.4, 0.5) is 9.59 Å². The van der Waals surface area contributed by atoms with Crippen molar-refractivity contribution >= 4 is 40.7 Å². The third kappa shape index (κ3) is 12.1. The number of aliphatic hydroxyl groups is 1. The number of nitrogens with one attached hydrogen (secondary N) is 3. The van der Waals surface area contributed by atoms with Gasteiger partial charge in [0, 0.05) is 30.6 Å². The summed E-state index contributed by atoms with van der Waals surface area (Å²) >= 11 is 2.95. The van der Waals surface area contributed by atoms with Crippen molar-refractivity contribution in [3.05, 3.63) is 104 Å². The van der Waals surface area contributed by atoms with Gasteiger partial charge < -0.3 is 30.7 Å². The number of aliphatic hydroxyl groups excluding tert-OH is 1. The molecular weight excluding hydrogens is 685 g/mol. The van der Waals surface area contributed by atoms with Crippen LogP contribution in [0, 0.1) is 5.92 Å². The first-order chi connectivity index (χ1) is 24.3. The highest BCUT2D eigenvalue weighted by Gasteiger charge is 2.38. The smallest absolute Gasteiger partial charge is 0.408 e. The van der Waals surface area contributed by atoms with Gasteiger partial charge >= 0.3 is 12.1 Å². The third-order valence-electron chi connectivity index (χ3n) is 8.58. The predicted molar refractivity (Wildman–Crippen MR) is 202 cm³/mol. The highest BCUT2D eigenvalue weighted by molar-refractivity contribution is 7.09. The monoisotopic (exact) mass is 734 g/mol. The number of nitrogens with zero attached hydrogens (tertiary/aromatic N) is 3. The van der Waals surface area contributed by atoms with Gasteiger partial charge in [-0.3, -0.25) is 9.78 Å². The van der Waals surface area contributed by atoms with Crippen LogP contribution in [0.5, 0.6) is 0 Å². The van der Waals surface area contributed by atoms with Crippen molar-refractivity contribution in [2.45, 2.75) is 96.7 Å². The first-order valence-electron chi connectivity index (χ1n) is 17.2. The van der Waals surface area contributed by atoms with Crippen LogP contribution >= 0.6 is 22.7 Å². The minimum atomic E-state index is -1.16. The number of carbonyl (C=O) groups excluding carboxylic acids is 3. The Labute approximate surface area is 308 Å². The molecule has 2 aromatic carbocycles. The predicted octanol–water partition coefficient (Wildman–Crippen LogP) is 6.30. The van der Waals surface area contributed by atoms with Gasteiger partial charge in [0.2, 0.25) is 5.91 Å². The molecule has 4 atom stereocenters. The van der Waals surface area contributed by atoms with Crippen LogP contribution in [0.15, 0.2) is 77.8 Å². The summed E-state index contributed by atoms with van der Waals surface area (Å²) in [5, 5.41) is 23.9. The lowest BCUT2D eigenvalue weighted by molar-refractivity contribution is -0.125. The Morgan fingerprint density at radius 3 is 2.22 bits per heavy atom. The number of ether oxygens (including phenoxy) is 1. The van der Waals surface area contributed by atoms with E-state index in [-0.39, 0.29) is 30.9 Å². The molecule has 0 aliphatic rings. The largest absolute Gasteiger partial charge is 0.444 e. The first-order valence-corrected chi connectivity index (χ1v) is 18.9. The van der Waals surface area contributed by atoms with E-state index in [9.17, 15) is 19.5 Å². The van der Waals surface area contributed by atoms with Crippen LogP contribution in [-0.2, 0) is 35.5 Å². The maximum atomic E-state index is 13.9. The summed E-state index contributed by atoms with van der Waals surface area (Å²) in [4.78, 5) is 51.3. The van der Waals surface area contributed by atoms with Crippen LogP contribution in [0.3, 0.4) is 0 Å². The molecule has 51 heavy (non-hydrogen) atoms. The quantitative estimate of drug-likeness (QED) is 0.0997. The number of aromatic nitrogens is 2. The summed E-state index contributed by atoms with van der Waals surface area (Å²) in [6.07, 6.45) is 0.706. The molecule has 0 saturated heterocycles.